The number of carbonyl (C=O) groups excluding carboxylic acids is 1. The average Bonchev–Trinajstić information content (AvgIpc) is 3.61. The summed E-state index contributed by atoms with van der Waals surface area (Å²) in [6.07, 6.45) is 12.7. The van der Waals surface area contributed by atoms with Crippen LogP contribution in [0.1, 0.15) is 107 Å². The molecule has 4 aliphatic carbocycles. The first-order chi connectivity index (χ1) is 22.8. The van der Waals surface area contributed by atoms with Crippen molar-refractivity contribution in [2.75, 3.05) is 18.6 Å². The molecule has 0 aliphatic heterocycles. The van der Waals surface area contributed by atoms with E-state index in [1.165, 1.54) is 30.4 Å². The molecule has 3 aromatic rings. The van der Waals surface area contributed by atoms with Gasteiger partial charge in [0, 0.05) is 41.4 Å². The molecule has 0 radical (unpaired) electrons. The lowest BCUT2D eigenvalue weighted by Gasteiger charge is -2.55. The molecule has 1 aromatic heterocycles. The van der Waals surface area contributed by atoms with Gasteiger partial charge in [-0.1, -0.05) is 44.9 Å². The first-order valence-corrected chi connectivity index (χ1v) is 21.8. The Morgan fingerprint density at radius 1 is 1.00 bits per heavy atom. The number of hydrogen-bond donors (Lipinski definition) is 0. The molecule has 4 saturated carbocycles. The summed E-state index contributed by atoms with van der Waals surface area (Å²) in [6, 6.07) is 15.1. The topological polar surface area (TPSA) is 51.7 Å². The zero-order valence-electron chi connectivity index (χ0n) is 30.2. The minimum atomic E-state index is -1.85. The molecule has 256 valence electrons. The van der Waals surface area contributed by atoms with Gasteiger partial charge in [0.15, 0.2) is 13.3 Å². The van der Waals surface area contributed by atoms with Crippen LogP contribution in [-0.4, -0.2) is 39.0 Å². The van der Waals surface area contributed by atoms with Crippen molar-refractivity contribution >= 4 is 31.2 Å². The van der Waals surface area contributed by atoms with Gasteiger partial charge < -0.3 is 14.1 Å². The maximum atomic E-state index is 14.7. The number of carbonyl (C=O) groups is 1. The number of anilines is 1. The molecule has 0 spiro atoms. The van der Waals surface area contributed by atoms with Gasteiger partial charge in [-0.2, -0.15) is 0 Å². The molecular formula is C41H54N2O3SSi. The van der Waals surface area contributed by atoms with Crippen LogP contribution in [0.3, 0.4) is 0 Å². The first kappa shape index (κ1) is 34.9. The van der Waals surface area contributed by atoms with E-state index >= 15 is 0 Å². The molecule has 1 heterocycles. The number of aryl methyl sites for hydroxylation is 1. The minimum Gasteiger partial charge on any atom is -0.496 e. The smallest absolute Gasteiger partial charge is 0.230 e. The van der Waals surface area contributed by atoms with Gasteiger partial charge >= 0.3 is 0 Å². The van der Waals surface area contributed by atoms with E-state index in [0.29, 0.717) is 0 Å². The van der Waals surface area contributed by atoms with E-state index in [1.54, 1.807) is 24.6 Å². The number of fused-ring (bicyclic) bond motifs is 3. The summed E-state index contributed by atoms with van der Waals surface area (Å²) in [5.41, 5.74) is 4.96. The Morgan fingerprint density at radius 3 is 2.31 bits per heavy atom. The van der Waals surface area contributed by atoms with Gasteiger partial charge in [0.1, 0.15) is 5.75 Å². The quantitative estimate of drug-likeness (QED) is 0.175. The molecule has 4 aliphatic rings. The van der Waals surface area contributed by atoms with E-state index in [4.69, 9.17) is 9.16 Å². The summed E-state index contributed by atoms with van der Waals surface area (Å²) in [5, 5.41) is 2.95. The molecule has 2 aromatic carbocycles. The molecule has 0 atom stereocenters. The molecule has 48 heavy (non-hydrogen) atoms. The normalized spacial score (nSPS) is 25.6. The van der Waals surface area contributed by atoms with Crippen molar-refractivity contribution in [3.63, 3.8) is 0 Å². The van der Waals surface area contributed by atoms with Crippen LogP contribution in [0, 0.1) is 30.1 Å². The molecule has 1 amide bonds. The number of aromatic nitrogens is 1. The van der Waals surface area contributed by atoms with E-state index in [9.17, 15) is 4.79 Å². The number of ether oxygens (including phenoxy) is 1. The summed E-state index contributed by atoms with van der Waals surface area (Å²) >= 11 is 1.55. The third-order valence-electron chi connectivity index (χ3n) is 12.4. The Hall–Kier alpha value is -2.92. The van der Waals surface area contributed by atoms with Crippen molar-refractivity contribution in [1.29, 1.82) is 0 Å². The summed E-state index contributed by atoms with van der Waals surface area (Å²) in [6.45, 7) is 14.5. The summed E-state index contributed by atoms with van der Waals surface area (Å²) in [5.74, 6) is 7.79. The highest BCUT2D eigenvalue weighted by atomic mass is 32.1. The highest BCUT2D eigenvalue weighted by Gasteiger charge is 2.51. The van der Waals surface area contributed by atoms with E-state index < -0.39 is 8.32 Å². The number of thiazole rings is 1. The van der Waals surface area contributed by atoms with Gasteiger partial charge in [-0.05, 0) is 141 Å². The number of benzene rings is 2. The Labute approximate surface area is 294 Å². The molecule has 4 fully saturated rings. The van der Waals surface area contributed by atoms with Gasteiger partial charge in [-0.15, -0.1) is 11.3 Å². The van der Waals surface area contributed by atoms with Crippen LogP contribution in [0.15, 0.2) is 54.0 Å². The van der Waals surface area contributed by atoms with Gasteiger partial charge in [0.2, 0.25) is 5.91 Å². The zero-order chi connectivity index (χ0) is 34.2. The second kappa shape index (κ2) is 13.8. The lowest BCUT2D eigenvalue weighted by atomic mass is 9.51. The van der Waals surface area contributed by atoms with Gasteiger partial charge in [-0.3, -0.25) is 4.79 Å². The fourth-order valence-corrected chi connectivity index (χ4v) is 10.1. The molecule has 5 nitrogen and oxygen atoms in total. The highest BCUT2D eigenvalue weighted by Crippen LogP contribution is 2.58. The summed E-state index contributed by atoms with van der Waals surface area (Å²) < 4.78 is 12.4. The van der Waals surface area contributed by atoms with Crippen molar-refractivity contribution < 1.29 is 14.0 Å². The van der Waals surface area contributed by atoms with Crippen molar-refractivity contribution in [2.45, 2.75) is 122 Å². The SMILES string of the molecule is COc1ccc(C23CCC(CN(C(=O)C4CCC(O[Si](C)(C)C(C)(C)C)CC4)c4cccc(C#Cc5nccs5)c4)(CC2)CC3)cc1C. The fraction of sp³-hybridized carbons (Fsp3) is 0.561. The number of hydrogen-bond acceptors (Lipinski definition) is 5. The van der Waals surface area contributed by atoms with Gasteiger partial charge in [-0.25, -0.2) is 4.98 Å². The van der Waals surface area contributed by atoms with Gasteiger partial charge in [0.25, 0.3) is 0 Å². The molecule has 7 heteroatoms. The monoisotopic (exact) mass is 682 g/mol. The van der Waals surface area contributed by atoms with Crippen molar-refractivity contribution in [3.8, 4) is 17.6 Å². The highest BCUT2D eigenvalue weighted by molar-refractivity contribution is 7.10. The Bertz CT molecular complexity index is 1630. The Balaban J connectivity index is 1.22. The van der Waals surface area contributed by atoms with E-state index in [-0.39, 0.29) is 33.8 Å². The van der Waals surface area contributed by atoms with Crippen LogP contribution in [-0.2, 0) is 14.6 Å². The van der Waals surface area contributed by atoms with E-state index in [1.807, 2.05) is 11.4 Å². The maximum Gasteiger partial charge on any atom is 0.230 e. The largest absolute Gasteiger partial charge is 0.496 e. The number of nitrogens with zero attached hydrogens (tertiary/aromatic N) is 2. The molecular weight excluding hydrogens is 629 g/mol. The standard InChI is InChI=1S/C41H54N2O3SSi/c1-30-27-33(14-17-36(30)45-5)41-22-19-40(20-23-41,21-24-41)29-43(34-10-8-9-31(28-34)11-18-37-42-25-26-47-37)38(44)32-12-15-35(16-13-32)46-48(6,7)39(2,3)4/h8-10,14,17,25-28,32,35H,12-13,15-16,19-24,29H2,1-7H3. The average molecular weight is 683 g/mol. The van der Waals surface area contributed by atoms with Crippen LogP contribution < -0.4 is 9.64 Å². The molecule has 0 saturated heterocycles. The van der Waals surface area contributed by atoms with Crippen LogP contribution >= 0.6 is 11.3 Å². The minimum absolute atomic E-state index is 0.0271. The van der Waals surface area contributed by atoms with Crippen LogP contribution in [0.4, 0.5) is 5.69 Å². The van der Waals surface area contributed by atoms with Crippen molar-refractivity contribution in [1.82, 2.24) is 4.98 Å². The van der Waals surface area contributed by atoms with E-state index in [0.717, 1.165) is 73.5 Å². The predicted molar refractivity (Wildman–Crippen MR) is 200 cm³/mol. The Kier molecular flexibility index (Phi) is 10.0. The number of methoxy groups -OCH3 is 1. The summed E-state index contributed by atoms with van der Waals surface area (Å²) in [7, 11) is -0.0964. The predicted octanol–water partition coefficient (Wildman–Crippen LogP) is 10.1. The number of amides is 1. The van der Waals surface area contributed by atoms with Crippen LogP contribution in [0.2, 0.25) is 18.1 Å². The molecule has 0 N–H and O–H groups in total. The second-order valence-corrected chi connectivity index (χ2v) is 22.0. The van der Waals surface area contributed by atoms with Crippen molar-refractivity contribution in [2.24, 2.45) is 11.3 Å². The number of rotatable bonds is 8. The second-order valence-electron chi connectivity index (χ2n) is 16.4. The first-order valence-electron chi connectivity index (χ1n) is 18.0. The fourth-order valence-electron chi connectivity index (χ4n) is 8.18. The lowest BCUT2D eigenvalue weighted by molar-refractivity contribution is -0.124. The molecule has 0 unspecified atom stereocenters. The molecule has 7 rings (SSSR count). The van der Waals surface area contributed by atoms with Crippen LogP contribution in [0.5, 0.6) is 5.75 Å². The third kappa shape index (κ3) is 7.32. The summed E-state index contributed by atoms with van der Waals surface area (Å²) in [4.78, 5) is 21.2. The Morgan fingerprint density at radius 2 is 1.71 bits per heavy atom. The molecule has 2 bridgehead atoms. The van der Waals surface area contributed by atoms with Crippen molar-refractivity contribution in [3.05, 3.63) is 75.7 Å². The van der Waals surface area contributed by atoms with Gasteiger partial charge in [0.05, 0.1) is 7.11 Å². The van der Waals surface area contributed by atoms with E-state index in [2.05, 4.69) is 98.9 Å². The maximum absolute atomic E-state index is 14.7. The zero-order valence-corrected chi connectivity index (χ0v) is 32.0. The van der Waals surface area contributed by atoms with Crippen LogP contribution in [0.25, 0.3) is 0 Å². The third-order valence-corrected chi connectivity index (χ3v) is 17.6. The lowest BCUT2D eigenvalue weighted by Crippen LogP contribution is -2.52.